The predicted molar refractivity (Wildman–Crippen MR) is 63.6 cm³/mol. The summed E-state index contributed by atoms with van der Waals surface area (Å²) >= 11 is 0. The number of benzene rings is 1. The van der Waals surface area contributed by atoms with Crippen LogP contribution in [-0.2, 0) is 5.41 Å². The van der Waals surface area contributed by atoms with Crippen LogP contribution in [0.1, 0.15) is 51.7 Å². The van der Waals surface area contributed by atoms with Gasteiger partial charge in [-0.15, -0.1) is 0 Å². The van der Waals surface area contributed by atoms with E-state index < -0.39 is 0 Å². The Morgan fingerprint density at radius 2 is 1.71 bits per heavy atom. The van der Waals surface area contributed by atoms with Crippen molar-refractivity contribution in [3.63, 3.8) is 0 Å². The number of anilines is 1. The van der Waals surface area contributed by atoms with Crippen molar-refractivity contribution >= 4 is 5.69 Å². The van der Waals surface area contributed by atoms with Crippen molar-refractivity contribution in [3.8, 4) is 0 Å². The Hall–Kier alpha value is -0.980. The van der Waals surface area contributed by atoms with Gasteiger partial charge in [0.25, 0.3) is 0 Å². The Kier molecular flexibility index (Phi) is 2.89. The van der Waals surface area contributed by atoms with Crippen molar-refractivity contribution in [3.05, 3.63) is 29.3 Å². The third-order valence-corrected chi connectivity index (χ3v) is 2.51. The normalized spacial score (nSPS) is 12.1. The number of hydrogen-bond donors (Lipinski definition) is 1. The summed E-state index contributed by atoms with van der Waals surface area (Å²) in [6, 6.07) is 6.25. The van der Waals surface area contributed by atoms with Crippen molar-refractivity contribution in [2.75, 3.05) is 5.73 Å². The minimum absolute atomic E-state index is 0.202. The van der Waals surface area contributed by atoms with Gasteiger partial charge in [0.05, 0.1) is 0 Å². The summed E-state index contributed by atoms with van der Waals surface area (Å²) < 4.78 is 0. The van der Waals surface area contributed by atoms with Crippen molar-refractivity contribution in [2.24, 2.45) is 0 Å². The van der Waals surface area contributed by atoms with Crippen molar-refractivity contribution < 1.29 is 0 Å². The van der Waals surface area contributed by atoms with Gasteiger partial charge in [-0.1, -0.05) is 40.7 Å². The molecule has 0 amide bonds. The summed E-state index contributed by atoms with van der Waals surface area (Å²) in [5.41, 5.74) is 9.65. The van der Waals surface area contributed by atoms with E-state index in [1.165, 1.54) is 11.1 Å². The minimum Gasteiger partial charge on any atom is -0.399 e. The summed E-state index contributed by atoms with van der Waals surface area (Å²) in [4.78, 5) is 0. The molecule has 0 heterocycles. The van der Waals surface area contributed by atoms with Gasteiger partial charge in [-0.05, 0) is 34.6 Å². The summed E-state index contributed by atoms with van der Waals surface area (Å²) in [6.45, 7) is 11.1. The second kappa shape index (κ2) is 3.64. The first-order valence-corrected chi connectivity index (χ1v) is 5.22. The molecule has 0 saturated heterocycles. The first kappa shape index (κ1) is 11.1. The largest absolute Gasteiger partial charge is 0.399 e. The molecule has 1 aromatic rings. The molecule has 1 rings (SSSR count). The van der Waals surface area contributed by atoms with E-state index in [9.17, 15) is 0 Å². The molecular formula is C13H21N. The zero-order valence-electron chi connectivity index (χ0n) is 9.89. The molecule has 0 atom stereocenters. The number of nitrogen functional groups attached to an aromatic ring is 1. The lowest BCUT2D eigenvalue weighted by atomic mass is 9.80. The van der Waals surface area contributed by atoms with Gasteiger partial charge < -0.3 is 5.73 Å². The van der Waals surface area contributed by atoms with Gasteiger partial charge >= 0.3 is 0 Å². The van der Waals surface area contributed by atoms with Crippen LogP contribution in [0.5, 0.6) is 0 Å². The molecule has 1 nitrogen and oxygen atoms in total. The monoisotopic (exact) mass is 191 g/mol. The average Bonchev–Trinajstić information content (AvgIpc) is 2.01. The third kappa shape index (κ3) is 2.28. The fourth-order valence-corrected chi connectivity index (χ4v) is 1.74. The van der Waals surface area contributed by atoms with Crippen LogP contribution < -0.4 is 5.73 Å². The molecule has 0 radical (unpaired) electrons. The molecule has 0 spiro atoms. The van der Waals surface area contributed by atoms with Gasteiger partial charge in [0.15, 0.2) is 0 Å². The Labute approximate surface area is 87.3 Å². The Morgan fingerprint density at radius 3 is 2.14 bits per heavy atom. The molecule has 0 aliphatic rings. The fourth-order valence-electron chi connectivity index (χ4n) is 1.74. The lowest BCUT2D eigenvalue weighted by Gasteiger charge is -2.25. The Bertz CT molecular complexity index is 318. The molecule has 1 aromatic carbocycles. The van der Waals surface area contributed by atoms with Gasteiger partial charge in [0.2, 0.25) is 0 Å². The zero-order valence-corrected chi connectivity index (χ0v) is 9.89. The lowest BCUT2D eigenvalue weighted by molar-refractivity contribution is 0.577. The van der Waals surface area contributed by atoms with E-state index in [0.29, 0.717) is 5.92 Å². The first-order valence-electron chi connectivity index (χ1n) is 5.22. The summed E-state index contributed by atoms with van der Waals surface area (Å²) in [5.74, 6) is 0.535. The Morgan fingerprint density at radius 1 is 1.14 bits per heavy atom. The van der Waals surface area contributed by atoms with E-state index in [2.05, 4.69) is 46.8 Å². The van der Waals surface area contributed by atoms with E-state index in [1.54, 1.807) is 0 Å². The first-order chi connectivity index (χ1) is 6.32. The standard InChI is InChI=1S/C13H21N/c1-9(2)11-8-10(14)6-7-12(11)13(3,4)5/h6-9H,14H2,1-5H3. The maximum Gasteiger partial charge on any atom is 0.0317 e. The molecule has 0 bridgehead atoms. The van der Waals surface area contributed by atoms with Gasteiger partial charge in [-0.3, -0.25) is 0 Å². The minimum atomic E-state index is 0.202. The van der Waals surface area contributed by atoms with Crippen LogP contribution in [0.2, 0.25) is 0 Å². The molecule has 0 fully saturated rings. The summed E-state index contributed by atoms with van der Waals surface area (Å²) in [7, 11) is 0. The molecule has 78 valence electrons. The number of nitrogens with two attached hydrogens (primary N) is 1. The molecule has 2 N–H and O–H groups in total. The molecule has 0 aromatic heterocycles. The van der Waals surface area contributed by atoms with Gasteiger partial charge in [-0.2, -0.15) is 0 Å². The molecule has 0 unspecified atom stereocenters. The average molecular weight is 191 g/mol. The lowest BCUT2D eigenvalue weighted by Crippen LogP contribution is -2.15. The van der Waals surface area contributed by atoms with Gasteiger partial charge in [0.1, 0.15) is 0 Å². The highest BCUT2D eigenvalue weighted by Gasteiger charge is 2.19. The van der Waals surface area contributed by atoms with Crippen molar-refractivity contribution in [1.82, 2.24) is 0 Å². The van der Waals surface area contributed by atoms with Gasteiger partial charge in [-0.25, -0.2) is 0 Å². The van der Waals surface area contributed by atoms with Crippen molar-refractivity contribution in [2.45, 2.75) is 46.0 Å². The van der Waals surface area contributed by atoms with Crippen LogP contribution in [0.4, 0.5) is 5.69 Å². The van der Waals surface area contributed by atoms with Crippen LogP contribution in [0.25, 0.3) is 0 Å². The maximum absolute atomic E-state index is 5.81. The van der Waals surface area contributed by atoms with E-state index in [0.717, 1.165) is 5.69 Å². The molecule has 14 heavy (non-hydrogen) atoms. The number of rotatable bonds is 1. The smallest absolute Gasteiger partial charge is 0.0317 e. The second-order valence-corrected chi connectivity index (χ2v) is 5.25. The third-order valence-electron chi connectivity index (χ3n) is 2.51. The molecular weight excluding hydrogens is 170 g/mol. The van der Waals surface area contributed by atoms with Crippen LogP contribution in [0.3, 0.4) is 0 Å². The van der Waals surface area contributed by atoms with E-state index in [-0.39, 0.29) is 5.41 Å². The fraction of sp³-hybridized carbons (Fsp3) is 0.538. The highest BCUT2D eigenvalue weighted by Crippen LogP contribution is 2.31. The molecule has 0 saturated carbocycles. The molecule has 0 aliphatic carbocycles. The second-order valence-electron chi connectivity index (χ2n) is 5.25. The summed E-state index contributed by atoms with van der Waals surface area (Å²) in [6.07, 6.45) is 0. The van der Waals surface area contributed by atoms with E-state index in [1.807, 2.05) is 6.07 Å². The molecule has 1 heteroatoms. The topological polar surface area (TPSA) is 26.0 Å². The van der Waals surface area contributed by atoms with Crippen LogP contribution in [-0.4, -0.2) is 0 Å². The van der Waals surface area contributed by atoms with Crippen LogP contribution in [0, 0.1) is 0 Å². The maximum atomic E-state index is 5.81. The zero-order chi connectivity index (χ0) is 10.9. The Balaban J connectivity index is 3.29. The van der Waals surface area contributed by atoms with E-state index in [4.69, 9.17) is 5.73 Å². The van der Waals surface area contributed by atoms with Gasteiger partial charge in [0, 0.05) is 5.69 Å². The van der Waals surface area contributed by atoms with Crippen LogP contribution in [0.15, 0.2) is 18.2 Å². The number of hydrogen-bond acceptors (Lipinski definition) is 1. The quantitative estimate of drug-likeness (QED) is 0.673. The molecule has 0 aliphatic heterocycles. The van der Waals surface area contributed by atoms with Crippen LogP contribution >= 0.6 is 0 Å². The highest BCUT2D eigenvalue weighted by molar-refractivity contribution is 5.48. The SMILES string of the molecule is CC(C)c1cc(N)ccc1C(C)(C)C. The van der Waals surface area contributed by atoms with E-state index >= 15 is 0 Å². The van der Waals surface area contributed by atoms with Crippen molar-refractivity contribution in [1.29, 1.82) is 0 Å². The predicted octanol–water partition coefficient (Wildman–Crippen LogP) is 3.69. The summed E-state index contributed by atoms with van der Waals surface area (Å²) in [5, 5.41) is 0. The highest BCUT2D eigenvalue weighted by atomic mass is 14.5.